The fourth-order valence-corrected chi connectivity index (χ4v) is 2.11. The van der Waals surface area contributed by atoms with Crippen LogP contribution in [0.1, 0.15) is 48.0 Å². The van der Waals surface area contributed by atoms with Gasteiger partial charge >= 0.3 is 0 Å². The summed E-state index contributed by atoms with van der Waals surface area (Å²) in [5, 5.41) is 0. The molecule has 3 heteroatoms. The average molecular weight is 282 g/mol. The summed E-state index contributed by atoms with van der Waals surface area (Å²) in [4.78, 5) is 4.52. The maximum atomic E-state index is 13.3. The van der Waals surface area contributed by atoms with Crippen molar-refractivity contribution in [2.75, 3.05) is 6.54 Å². The van der Waals surface area contributed by atoms with Gasteiger partial charge in [-0.2, -0.15) is 0 Å². The highest BCUT2D eigenvalue weighted by Crippen LogP contribution is 2.22. The number of hydrogen-bond donors (Lipinski definition) is 1. The Hall–Kier alpha value is -0.960. The van der Waals surface area contributed by atoms with Gasteiger partial charge < -0.3 is 5.73 Å². The lowest BCUT2D eigenvalue weighted by Gasteiger charge is -2.21. The van der Waals surface area contributed by atoms with Gasteiger partial charge in [0.2, 0.25) is 0 Å². The Morgan fingerprint density at radius 2 is 1.80 bits per heavy atom. The summed E-state index contributed by atoms with van der Waals surface area (Å²) in [6.07, 6.45) is 1.97. The van der Waals surface area contributed by atoms with Crippen LogP contribution in [0.25, 0.3) is 0 Å². The molecule has 0 radical (unpaired) electrons. The molecule has 0 aromatic rings. The minimum absolute atomic E-state index is 0.0234. The fraction of sp³-hybridized carbons (Fsp3) is 0.706. The molecule has 0 spiro atoms. The van der Waals surface area contributed by atoms with Crippen molar-refractivity contribution >= 4 is 5.71 Å². The molecule has 0 fully saturated rings. The van der Waals surface area contributed by atoms with E-state index in [-0.39, 0.29) is 6.04 Å². The Kier molecular flexibility index (Phi) is 8.63. The van der Waals surface area contributed by atoms with E-state index in [1.807, 2.05) is 0 Å². The molecule has 0 aliphatic rings. The van der Waals surface area contributed by atoms with Crippen LogP contribution in [0.15, 0.2) is 28.8 Å². The van der Waals surface area contributed by atoms with E-state index in [0.717, 1.165) is 12.0 Å². The fourth-order valence-electron chi connectivity index (χ4n) is 2.11. The van der Waals surface area contributed by atoms with Crippen LogP contribution in [-0.4, -0.2) is 24.5 Å². The Labute approximate surface area is 124 Å². The topological polar surface area (TPSA) is 38.4 Å². The summed E-state index contributed by atoms with van der Waals surface area (Å²) in [6, 6.07) is -0.0234. The molecule has 0 rings (SSSR count). The summed E-state index contributed by atoms with van der Waals surface area (Å²) in [5.74, 6) is 0.687. The predicted molar refractivity (Wildman–Crippen MR) is 88.0 cm³/mol. The van der Waals surface area contributed by atoms with Gasteiger partial charge in [-0.3, -0.25) is 4.99 Å². The summed E-state index contributed by atoms with van der Waals surface area (Å²) < 4.78 is 13.3. The molecule has 0 saturated heterocycles. The van der Waals surface area contributed by atoms with Crippen molar-refractivity contribution in [1.29, 1.82) is 0 Å². The van der Waals surface area contributed by atoms with Crippen molar-refractivity contribution in [3.8, 4) is 0 Å². The van der Waals surface area contributed by atoms with Crippen molar-refractivity contribution < 1.29 is 4.39 Å². The van der Waals surface area contributed by atoms with Gasteiger partial charge in [-0.15, -0.1) is 0 Å². The largest absolute Gasteiger partial charge is 0.330 e. The Morgan fingerprint density at radius 3 is 2.20 bits per heavy atom. The lowest BCUT2D eigenvalue weighted by atomic mass is 9.92. The highest BCUT2D eigenvalue weighted by Gasteiger charge is 2.17. The summed E-state index contributed by atoms with van der Waals surface area (Å²) in [5.41, 5.74) is 8.46. The first kappa shape index (κ1) is 19.0. The molecule has 0 aliphatic heterocycles. The van der Waals surface area contributed by atoms with Crippen LogP contribution < -0.4 is 5.73 Å². The first-order valence-electron chi connectivity index (χ1n) is 7.42. The highest BCUT2D eigenvalue weighted by atomic mass is 19.1. The second kappa shape index (κ2) is 9.06. The van der Waals surface area contributed by atoms with Gasteiger partial charge in [0.15, 0.2) is 0 Å². The molecule has 0 saturated carbocycles. The molecular weight excluding hydrogens is 251 g/mol. The molecule has 116 valence electrons. The van der Waals surface area contributed by atoms with Crippen molar-refractivity contribution in [1.82, 2.24) is 0 Å². The van der Waals surface area contributed by atoms with Crippen LogP contribution >= 0.6 is 0 Å². The monoisotopic (exact) mass is 282 g/mol. The Morgan fingerprint density at radius 1 is 1.25 bits per heavy atom. The van der Waals surface area contributed by atoms with Crippen molar-refractivity contribution in [3.05, 3.63) is 23.8 Å². The van der Waals surface area contributed by atoms with E-state index in [4.69, 9.17) is 5.73 Å². The van der Waals surface area contributed by atoms with Gasteiger partial charge in [-0.1, -0.05) is 39.0 Å². The molecule has 2 N–H and O–H groups in total. The van der Waals surface area contributed by atoms with Gasteiger partial charge in [0, 0.05) is 5.71 Å². The van der Waals surface area contributed by atoms with E-state index in [1.165, 1.54) is 12.5 Å². The van der Waals surface area contributed by atoms with Crippen LogP contribution in [0.3, 0.4) is 0 Å². The smallest absolute Gasteiger partial charge is 0.135 e. The SMILES string of the molecule is C=C(CC(C)=CC(C)CN)C(N=C(C)C(C)F)C(C)C. The van der Waals surface area contributed by atoms with Crippen LogP contribution in [0, 0.1) is 11.8 Å². The van der Waals surface area contributed by atoms with Gasteiger partial charge in [0.1, 0.15) is 6.17 Å². The molecule has 0 aliphatic carbocycles. The lowest BCUT2D eigenvalue weighted by Crippen LogP contribution is -2.20. The minimum Gasteiger partial charge on any atom is -0.330 e. The quantitative estimate of drug-likeness (QED) is 0.522. The van der Waals surface area contributed by atoms with Crippen LogP contribution in [0.5, 0.6) is 0 Å². The second-order valence-corrected chi connectivity index (χ2v) is 6.14. The maximum absolute atomic E-state index is 13.3. The molecule has 2 nitrogen and oxygen atoms in total. The Balaban J connectivity index is 4.93. The zero-order chi connectivity index (χ0) is 15.9. The maximum Gasteiger partial charge on any atom is 0.135 e. The third-order valence-corrected chi connectivity index (χ3v) is 3.41. The summed E-state index contributed by atoms with van der Waals surface area (Å²) in [6.45, 7) is 16.4. The van der Waals surface area contributed by atoms with Crippen molar-refractivity contribution in [2.24, 2.45) is 22.6 Å². The molecule has 0 amide bonds. The second-order valence-electron chi connectivity index (χ2n) is 6.14. The molecule has 0 bridgehead atoms. The number of hydrogen-bond acceptors (Lipinski definition) is 2. The van der Waals surface area contributed by atoms with Gasteiger partial charge in [-0.25, -0.2) is 4.39 Å². The molecular formula is C17H31FN2. The lowest BCUT2D eigenvalue weighted by molar-refractivity contribution is 0.447. The summed E-state index contributed by atoms with van der Waals surface area (Å²) >= 11 is 0. The number of aliphatic imine (C=N–C) groups is 1. The van der Waals surface area contributed by atoms with E-state index in [2.05, 4.69) is 45.3 Å². The van der Waals surface area contributed by atoms with Gasteiger partial charge in [0.25, 0.3) is 0 Å². The van der Waals surface area contributed by atoms with Gasteiger partial charge in [0.05, 0.1) is 6.04 Å². The van der Waals surface area contributed by atoms with E-state index in [0.29, 0.717) is 24.1 Å². The van der Waals surface area contributed by atoms with E-state index >= 15 is 0 Å². The minimum atomic E-state index is -1.00. The summed E-state index contributed by atoms with van der Waals surface area (Å²) in [7, 11) is 0. The number of halogens is 1. The van der Waals surface area contributed by atoms with Crippen LogP contribution in [0.2, 0.25) is 0 Å². The van der Waals surface area contributed by atoms with Crippen LogP contribution in [-0.2, 0) is 0 Å². The number of allylic oxidation sites excluding steroid dienone is 1. The molecule has 0 aromatic carbocycles. The van der Waals surface area contributed by atoms with Crippen molar-refractivity contribution in [3.63, 3.8) is 0 Å². The van der Waals surface area contributed by atoms with Crippen LogP contribution in [0.4, 0.5) is 4.39 Å². The Bertz CT molecular complexity index is 367. The zero-order valence-corrected chi connectivity index (χ0v) is 13.9. The number of nitrogens with two attached hydrogens (primary N) is 1. The predicted octanol–water partition coefficient (Wildman–Crippen LogP) is 4.32. The van der Waals surface area contributed by atoms with E-state index < -0.39 is 6.17 Å². The van der Waals surface area contributed by atoms with E-state index in [1.54, 1.807) is 6.92 Å². The van der Waals surface area contributed by atoms with Crippen molar-refractivity contribution in [2.45, 2.75) is 60.2 Å². The molecule has 20 heavy (non-hydrogen) atoms. The number of nitrogens with zero attached hydrogens (tertiary/aromatic N) is 1. The zero-order valence-electron chi connectivity index (χ0n) is 13.9. The standard InChI is InChI=1S/C17H31FN2/c1-11(2)17(20-16(7)15(6)18)14(5)9-12(3)8-13(4)10-19/h8,11,13,15,17H,5,9-10,19H2,1-4,6-7H3. The number of alkyl halides is 1. The first-order chi connectivity index (χ1) is 9.18. The van der Waals surface area contributed by atoms with Gasteiger partial charge in [-0.05, 0) is 51.1 Å². The highest BCUT2D eigenvalue weighted by molar-refractivity contribution is 5.86. The molecule has 0 aromatic heterocycles. The first-order valence-corrected chi connectivity index (χ1v) is 7.42. The molecule has 3 unspecified atom stereocenters. The average Bonchev–Trinajstić information content (AvgIpc) is 2.34. The van der Waals surface area contributed by atoms with E-state index in [9.17, 15) is 4.39 Å². The molecule has 3 atom stereocenters. The third kappa shape index (κ3) is 6.99. The number of rotatable bonds is 8. The molecule has 0 heterocycles. The third-order valence-electron chi connectivity index (χ3n) is 3.41. The normalized spacial score (nSPS) is 18.1.